The fourth-order valence-corrected chi connectivity index (χ4v) is 1.73. The average molecular weight is 250 g/mol. The Balaban J connectivity index is 2.65. The summed E-state index contributed by atoms with van der Waals surface area (Å²) in [5.74, 6) is -2.83. The molecular weight excluding hydrogens is 241 g/mol. The highest BCUT2D eigenvalue weighted by Crippen LogP contribution is 2.26. The largest absolute Gasteiger partial charge is 0.294 e. The molecule has 18 heavy (non-hydrogen) atoms. The molecule has 0 aliphatic heterocycles. The van der Waals surface area contributed by atoms with Crippen LogP contribution < -0.4 is 0 Å². The third-order valence-electron chi connectivity index (χ3n) is 2.59. The third kappa shape index (κ3) is 2.27. The van der Waals surface area contributed by atoms with Gasteiger partial charge >= 0.3 is 0 Å². The van der Waals surface area contributed by atoms with Crippen LogP contribution in [-0.4, -0.2) is 5.78 Å². The maximum atomic E-state index is 13.2. The summed E-state index contributed by atoms with van der Waals surface area (Å²) in [5, 5.41) is 0. The van der Waals surface area contributed by atoms with E-state index in [1.54, 1.807) is 0 Å². The van der Waals surface area contributed by atoms with Gasteiger partial charge in [0, 0.05) is 5.56 Å². The van der Waals surface area contributed by atoms with Crippen molar-refractivity contribution in [2.45, 2.75) is 6.92 Å². The SMILES string of the molecule is CC(=O)c1ccc(F)cc1-c1ccc(F)c(F)c1. The molecule has 0 bridgehead atoms. The Labute approximate surface area is 102 Å². The summed E-state index contributed by atoms with van der Waals surface area (Å²) >= 11 is 0. The van der Waals surface area contributed by atoms with Crippen LogP contribution in [0.5, 0.6) is 0 Å². The molecule has 0 saturated carbocycles. The molecule has 0 aromatic heterocycles. The molecule has 4 heteroatoms. The first kappa shape index (κ1) is 12.4. The molecule has 0 fully saturated rings. The molecule has 0 saturated heterocycles. The average Bonchev–Trinajstić information content (AvgIpc) is 2.32. The van der Waals surface area contributed by atoms with E-state index in [4.69, 9.17) is 0 Å². The van der Waals surface area contributed by atoms with E-state index in [9.17, 15) is 18.0 Å². The normalized spacial score (nSPS) is 10.4. The van der Waals surface area contributed by atoms with Crippen LogP contribution in [-0.2, 0) is 0 Å². The molecule has 2 aromatic rings. The first-order valence-electron chi connectivity index (χ1n) is 5.25. The smallest absolute Gasteiger partial charge is 0.160 e. The minimum Gasteiger partial charge on any atom is -0.294 e. The van der Waals surface area contributed by atoms with Gasteiger partial charge in [-0.15, -0.1) is 0 Å². The number of halogens is 3. The number of benzene rings is 2. The zero-order chi connectivity index (χ0) is 13.3. The highest BCUT2D eigenvalue weighted by molar-refractivity contribution is 6.00. The van der Waals surface area contributed by atoms with Gasteiger partial charge in [0.2, 0.25) is 0 Å². The van der Waals surface area contributed by atoms with E-state index in [1.165, 1.54) is 19.1 Å². The molecule has 2 rings (SSSR count). The van der Waals surface area contributed by atoms with Crippen LogP contribution in [0, 0.1) is 17.5 Å². The molecular formula is C14H9F3O. The van der Waals surface area contributed by atoms with Crippen molar-refractivity contribution in [3.05, 3.63) is 59.4 Å². The van der Waals surface area contributed by atoms with E-state index in [0.29, 0.717) is 0 Å². The molecule has 0 heterocycles. The Morgan fingerprint density at radius 2 is 1.67 bits per heavy atom. The summed E-state index contributed by atoms with van der Waals surface area (Å²) in [6.45, 7) is 1.33. The van der Waals surface area contributed by atoms with E-state index in [1.807, 2.05) is 0 Å². The Bertz CT molecular complexity index is 620. The van der Waals surface area contributed by atoms with Gasteiger partial charge in [-0.25, -0.2) is 13.2 Å². The topological polar surface area (TPSA) is 17.1 Å². The van der Waals surface area contributed by atoms with Crippen molar-refractivity contribution in [3.63, 3.8) is 0 Å². The standard InChI is InChI=1S/C14H9F3O/c1-8(18)11-4-3-10(15)7-12(11)9-2-5-13(16)14(17)6-9/h2-7H,1H3. The number of carbonyl (C=O) groups excluding carboxylic acids is 1. The summed E-state index contributed by atoms with van der Waals surface area (Å²) in [5.41, 5.74) is 0.780. The molecule has 0 atom stereocenters. The molecule has 0 aliphatic carbocycles. The molecule has 92 valence electrons. The van der Waals surface area contributed by atoms with Crippen molar-refractivity contribution in [1.29, 1.82) is 0 Å². The van der Waals surface area contributed by atoms with Gasteiger partial charge in [0.15, 0.2) is 17.4 Å². The molecule has 0 spiro atoms. The van der Waals surface area contributed by atoms with Crippen molar-refractivity contribution < 1.29 is 18.0 Å². The zero-order valence-electron chi connectivity index (χ0n) is 9.51. The van der Waals surface area contributed by atoms with E-state index < -0.39 is 17.5 Å². The lowest BCUT2D eigenvalue weighted by atomic mass is 9.97. The number of Topliss-reactive ketones (excluding diaryl/α,β-unsaturated/α-hetero) is 1. The van der Waals surface area contributed by atoms with E-state index in [0.717, 1.165) is 24.3 Å². The number of carbonyl (C=O) groups is 1. The molecule has 1 nitrogen and oxygen atoms in total. The number of rotatable bonds is 2. The highest BCUT2D eigenvalue weighted by Gasteiger charge is 2.12. The fourth-order valence-electron chi connectivity index (χ4n) is 1.73. The van der Waals surface area contributed by atoms with Crippen LogP contribution in [0.25, 0.3) is 11.1 Å². The molecule has 0 amide bonds. The summed E-state index contributed by atoms with van der Waals surface area (Å²) in [4.78, 5) is 11.4. The second-order valence-electron chi connectivity index (χ2n) is 3.87. The van der Waals surface area contributed by atoms with E-state index in [2.05, 4.69) is 0 Å². The zero-order valence-corrected chi connectivity index (χ0v) is 9.51. The number of hydrogen-bond donors (Lipinski definition) is 0. The highest BCUT2D eigenvalue weighted by atomic mass is 19.2. The Kier molecular flexibility index (Phi) is 3.19. The van der Waals surface area contributed by atoms with Gasteiger partial charge in [0.25, 0.3) is 0 Å². The summed E-state index contributed by atoms with van der Waals surface area (Å²) in [7, 11) is 0. The number of ketones is 1. The molecule has 0 aliphatic rings. The third-order valence-corrected chi connectivity index (χ3v) is 2.59. The van der Waals surface area contributed by atoms with Crippen molar-refractivity contribution >= 4 is 5.78 Å². The Morgan fingerprint density at radius 1 is 0.944 bits per heavy atom. The molecule has 0 N–H and O–H groups in total. The van der Waals surface area contributed by atoms with Crippen molar-refractivity contribution in [1.82, 2.24) is 0 Å². The van der Waals surface area contributed by atoms with Gasteiger partial charge in [0.05, 0.1) is 0 Å². The predicted octanol–water partition coefficient (Wildman–Crippen LogP) is 3.97. The minimum atomic E-state index is -1.04. The van der Waals surface area contributed by atoms with Crippen LogP contribution in [0.4, 0.5) is 13.2 Å². The number of hydrogen-bond acceptors (Lipinski definition) is 1. The van der Waals surface area contributed by atoms with Gasteiger partial charge < -0.3 is 0 Å². The lowest BCUT2D eigenvalue weighted by Gasteiger charge is -2.08. The molecule has 0 radical (unpaired) electrons. The van der Waals surface area contributed by atoms with Gasteiger partial charge in [-0.2, -0.15) is 0 Å². The second-order valence-corrected chi connectivity index (χ2v) is 3.87. The van der Waals surface area contributed by atoms with Crippen molar-refractivity contribution in [2.75, 3.05) is 0 Å². The van der Waals surface area contributed by atoms with Crippen LogP contribution in [0.15, 0.2) is 36.4 Å². The van der Waals surface area contributed by atoms with Crippen LogP contribution in [0.3, 0.4) is 0 Å². The van der Waals surface area contributed by atoms with Crippen LogP contribution in [0.1, 0.15) is 17.3 Å². The van der Waals surface area contributed by atoms with Crippen molar-refractivity contribution in [3.8, 4) is 11.1 Å². The first-order valence-corrected chi connectivity index (χ1v) is 5.25. The maximum Gasteiger partial charge on any atom is 0.160 e. The second kappa shape index (κ2) is 4.64. The maximum absolute atomic E-state index is 13.2. The molecule has 0 unspecified atom stereocenters. The van der Waals surface area contributed by atoms with Crippen LogP contribution in [0.2, 0.25) is 0 Å². The Hall–Kier alpha value is -2.10. The van der Waals surface area contributed by atoms with Gasteiger partial charge in [-0.3, -0.25) is 4.79 Å². The monoisotopic (exact) mass is 250 g/mol. The van der Waals surface area contributed by atoms with Crippen LogP contribution >= 0.6 is 0 Å². The lowest BCUT2D eigenvalue weighted by molar-refractivity contribution is 0.101. The van der Waals surface area contributed by atoms with Gasteiger partial charge in [-0.05, 0) is 48.4 Å². The minimum absolute atomic E-state index is 0.251. The quantitative estimate of drug-likeness (QED) is 0.737. The lowest BCUT2D eigenvalue weighted by Crippen LogP contribution is -1.97. The first-order chi connectivity index (χ1) is 8.49. The summed E-state index contributed by atoms with van der Waals surface area (Å²) in [6, 6.07) is 6.80. The van der Waals surface area contributed by atoms with Crippen molar-refractivity contribution in [2.24, 2.45) is 0 Å². The Morgan fingerprint density at radius 3 is 2.28 bits per heavy atom. The molecule has 2 aromatic carbocycles. The van der Waals surface area contributed by atoms with E-state index >= 15 is 0 Å². The summed E-state index contributed by atoms with van der Waals surface area (Å²) < 4.78 is 39.2. The summed E-state index contributed by atoms with van der Waals surface area (Å²) in [6.07, 6.45) is 0. The predicted molar refractivity (Wildman–Crippen MR) is 61.8 cm³/mol. The van der Waals surface area contributed by atoms with Gasteiger partial charge in [-0.1, -0.05) is 6.07 Å². The fraction of sp³-hybridized carbons (Fsp3) is 0.0714. The van der Waals surface area contributed by atoms with E-state index in [-0.39, 0.29) is 22.5 Å². The van der Waals surface area contributed by atoms with Gasteiger partial charge in [0.1, 0.15) is 5.82 Å².